The standard InChI is InChI=1S/C17H12N2O4S/c1-23-12-7-8-14-11(10-12)6-9-16(18-14)19-17(20)13-4-2-3-5-15(13)24(19,21)22/h2-10H,1H3. The molecule has 1 aliphatic heterocycles. The van der Waals surface area contributed by atoms with Crippen molar-refractivity contribution < 1.29 is 17.9 Å². The summed E-state index contributed by atoms with van der Waals surface area (Å²) in [6.07, 6.45) is 0. The van der Waals surface area contributed by atoms with Gasteiger partial charge in [0.1, 0.15) is 10.6 Å². The Hall–Kier alpha value is -2.93. The molecule has 0 saturated heterocycles. The fraction of sp³-hybridized carbons (Fsp3) is 0.0588. The first kappa shape index (κ1) is 14.6. The van der Waals surface area contributed by atoms with Crippen LogP contribution in [0.15, 0.2) is 59.5 Å². The summed E-state index contributed by atoms with van der Waals surface area (Å²) in [6, 6.07) is 14.6. The Bertz CT molecular complexity index is 1090. The van der Waals surface area contributed by atoms with Crippen molar-refractivity contribution >= 4 is 32.7 Å². The lowest BCUT2D eigenvalue weighted by molar-refractivity contribution is 0.101. The first-order valence-corrected chi connectivity index (χ1v) is 8.60. The van der Waals surface area contributed by atoms with Crippen molar-refractivity contribution in [3.63, 3.8) is 0 Å². The first-order chi connectivity index (χ1) is 11.5. The Kier molecular flexibility index (Phi) is 3.07. The highest BCUT2D eigenvalue weighted by molar-refractivity contribution is 7.94. The number of aromatic nitrogens is 1. The van der Waals surface area contributed by atoms with Crippen molar-refractivity contribution in [2.24, 2.45) is 0 Å². The van der Waals surface area contributed by atoms with E-state index in [-0.39, 0.29) is 16.3 Å². The van der Waals surface area contributed by atoms with E-state index >= 15 is 0 Å². The van der Waals surface area contributed by atoms with Gasteiger partial charge in [0.2, 0.25) is 0 Å². The lowest BCUT2D eigenvalue weighted by Gasteiger charge is -2.14. The van der Waals surface area contributed by atoms with Crippen LogP contribution in [0.1, 0.15) is 10.4 Å². The summed E-state index contributed by atoms with van der Waals surface area (Å²) in [5, 5.41) is 0.791. The third-order valence-corrected chi connectivity index (χ3v) is 5.66. The van der Waals surface area contributed by atoms with E-state index in [2.05, 4.69) is 4.98 Å². The van der Waals surface area contributed by atoms with Crippen molar-refractivity contribution in [3.8, 4) is 5.75 Å². The summed E-state index contributed by atoms with van der Waals surface area (Å²) >= 11 is 0. The number of hydrogen-bond donors (Lipinski definition) is 0. The molecule has 3 aromatic rings. The zero-order valence-electron chi connectivity index (χ0n) is 12.6. The molecule has 0 unspecified atom stereocenters. The van der Waals surface area contributed by atoms with Gasteiger partial charge in [-0.3, -0.25) is 4.79 Å². The molecule has 0 bridgehead atoms. The molecular formula is C17H12N2O4S. The van der Waals surface area contributed by atoms with Crippen molar-refractivity contribution in [3.05, 3.63) is 60.2 Å². The van der Waals surface area contributed by atoms with E-state index < -0.39 is 15.9 Å². The Morgan fingerprint density at radius 3 is 2.58 bits per heavy atom. The molecule has 24 heavy (non-hydrogen) atoms. The number of carbonyl (C=O) groups excluding carboxylic acids is 1. The normalized spacial score (nSPS) is 15.5. The van der Waals surface area contributed by atoms with E-state index in [0.717, 1.165) is 9.69 Å². The highest BCUT2D eigenvalue weighted by Crippen LogP contribution is 2.34. The van der Waals surface area contributed by atoms with Gasteiger partial charge in [-0.1, -0.05) is 12.1 Å². The molecule has 0 spiro atoms. The van der Waals surface area contributed by atoms with Crippen LogP contribution in [0.5, 0.6) is 5.75 Å². The number of methoxy groups -OCH3 is 1. The van der Waals surface area contributed by atoms with Crippen LogP contribution in [0.3, 0.4) is 0 Å². The molecule has 1 aromatic heterocycles. The van der Waals surface area contributed by atoms with Gasteiger partial charge in [0, 0.05) is 5.39 Å². The zero-order chi connectivity index (χ0) is 16.9. The second-order valence-electron chi connectivity index (χ2n) is 5.30. The van der Waals surface area contributed by atoms with Gasteiger partial charge in [0.25, 0.3) is 15.9 Å². The molecule has 0 atom stereocenters. The lowest BCUT2D eigenvalue weighted by Crippen LogP contribution is -2.30. The number of anilines is 1. The van der Waals surface area contributed by atoms with Gasteiger partial charge in [-0.15, -0.1) is 0 Å². The minimum absolute atomic E-state index is 0.00614. The number of rotatable bonds is 2. The van der Waals surface area contributed by atoms with Crippen LogP contribution in [0, 0.1) is 0 Å². The molecule has 2 aromatic carbocycles. The van der Waals surface area contributed by atoms with Crippen LogP contribution in [-0.4, -0.2) is 26.4 Å². The molecule has 1 amide bonds. The summed E-state index contributed by atoms with van der Waals surface area (Å²) < 4.78 is 31.3. The molecule has 120 valence electrons. The van der Waals surface area contributed by atoms with Crippen molar-refractivity contribution in [2.45, 2.75) is 4.90 Å². The van der Waals surface area contributed by atoms with Gasteiger partial charge in [0.05, 0.1) is 18.2 Å². The quantitative estimate of drug-likeness (QED) is 0.717. The van der Waals surface area contributed by atoms with Crippen LogP contribution in [0.4, 0.5) is 5.82 Å². The highest BCUT2D eigenvalue weighted by Gasteiger charge is 2.42. The van der Waals surface area contributed by atoms with Crippen LogP contribution in [-0.2, 0) is 10.0 Å². The third kappa shape index (κ3) is 1.98. The number of hydrogen-bond acceptors (Lipinski definition) is 5. The lowest BCUT2D eigenvalue weighted by atomic mass is 10.2. The van der Waals surface area contributed by atoms with E-state index in [0.29, 0.717) is 11.3 Å². The zero-order valence-corrected chi connectivity index (χ0v) is 13.4. The highest BCUT2D eigenvalue weighted by atomic mass is 32.2. The molecule has 0 fully saturated rings. The number of nitrogens with zero attached hydrogens (tertiary/aromatic N) is 2. The summed E-state index contributed by atoms with van der Waals surface area (Å²) in [4.78, 5) is 16.9. The number of fused-ring (bicyclic) bond motifs is 2. The molecule has 2 heterocycles. The monoisotopic (exact) mass is 340 g/mol. The number of pyridine rings is 1. The summed E-state index contributed by atoms with van der Waals surface area (Å²) in [5.41, 5.74) is 0.737. The van der Waals surface area contributed by atoms with Crippen LogP contribution >= 0.6 is 0 Å². The van der Waals surface area contributed by atoms with Gasteiger partial charge >= 0.3 is 0 Å². The van der Waals surface area contributed by atoms with E-state index in [1.165, 1.54) is 18.2 Å². The summed E-state index contributed by atoms with van der Waals surface area (Å²) in [5.74, 6) is 0.161. The SMILES string of the molecule is COc1ccc2nc(N3C(=O)c4ccccc4S3(=O)=O)ccc2c1. The smallest absolute Gasteiger partial charge is 0.274 e. The minimum atomic E-state index is -3.93. The molecule has 7 heteroatoms. The van der Waals surface area contributed by atoms with Crippen molar-refractivity contribution in [2.75, 3.05) is 11.4 Å². The number of carbonyl (C=O) groups is 1. The second-order valence-corrected chi connectivity index (χ2v) is 7.05. The number of sulfonamides is 1. The molecule has 0 saturated carbocycles. The van der Waals surface area contributed by atoms with Crippen LogP contribution < -0.4 is 9.04 Å². The molecule has 0 radical (unpaired) electrons. The Labute approximate surface area is 138 Å². The molecule has 4 rings (SSSR count). The fourth-order valence-electron chi connectivity index (χ4n) is 2.75. The van der Waals surface area contributed by atoms with Crippen molar-refractivity contribution in [1.29, 1.82) is 0 Å². The molecule has 1 aliphatic rings. The predicted molar refractivity (Wildman–Crippen MR) is 88.7 cm³/mol. The number of benzene rings is 2. The predicted octanol–water partition coefficient (Wildman–Crippen LogP) is 2.59. The molecule has 6 nitrogen and oxygen atoms in total. The average molecular weight is 340 g/mol. The molecule has 0 aliphatic carbocycles. The molecular weight excluding hydrogens is 328 g/mol. The van der Waals surface area contributed by atoms with E-state index in [9.17, 15) is 13.2 Å². The van der Waals surface area contributed by atoms with Gasteiger partial charge < -0.3 is 4.74 Å². The largest absolute Gasteiger partial charge is 0.497 e. The summed E-state index contributed by atoms with van der Waals surface area (Å²) in [7, 11) is -2.37. The van der Waals surface area contributed by atoms with Crippen molar-refractivity contribution in [1.82, 2.24) is 4.98 Å². The fourth-order valence-corrected chi connectivity index (χ4v) is 4.29. The van der Waals surface area contributed by atoms with Gasteiger partial charge in [-0.25, -0.2) is 13.4 Å². The topological polar surface area (TPSA) is 76.6 Å². The maximum absolute atomic E-state index is 12.7. The summed E-state index contributed by atoms with van der Waals surface area (Å²) in [6.45, 7) is 0. The second kappa shape index (κ2) is 5.04. The average Bonchev–Trinajstić information content (AvgIpc) is 2.81. The van der Waals surface area contributed by atoms with Crippen LogP contribution in [0.25, 0.3) is 10.9 Å². The van der Waals surface area contributed by atoms with Crippen LogP contribution in [0.2, 0.25) is 0 Å². The van der Waals surface area contributed by atoms with E-state index in [4.69, 9.17) is 4.74 Å². The maximum atomic E-state index is 12.7. The van der Waals surface area contributed by atoms with E-state index in [1.807, 2.05) is 0 Å². The minimum Gasteiger partial charge on any atom is -0.497 e. The Morgan fingerprint density at radius 1 is 1.04 bits per heavy atom. The third-order valence-electron chi connectivity index (χ3n) is 3.91. The maximum Gasteiger partial charge on any atom is 0.274 e. The van der Waals surface area contributed by atoms with Gasteiger partial charge in [-0.2, -0.15) is 4.31 Å². The number of amides is 1. The first-order valence-electron chi connectivity index (χ1n) is 7.16. The van der Waals surface area contributed by atoms with Gasteiger partial charge in [-0.05, 0) is 42.5 Å². The van der Waals surface area contributed by atoms with E-state index in [1.54, 1.807) is 43.5 Å². The van der Waals surface area contributed by atoms with Gasteiger partial charge in [0.15, 0.2) is 5.82 Å². The molecule has 0 N–H and O–H groups in total. The Balaban J connectivity index is 1.88. The number of ether oxygens (including phenoxy) is 1. The Morgan fingerprint density at radius 2 is 1.83 bits per heavy atom.